The van der Waals surface area contributed by atoms with Gasteiger partial charge in [0.2, 0.25) is 0 Å². The third-order valence-corrected chi connectivity index (χ3v) is 3.60. The van der Waals surface area contributed by atoms with Gasteiger partial charge in [0.05, 0.1) is 0 Å². The maximum absolute atomic E-state index is 4.49. The van der Waals surface area contributed by atoms with Gasteiger partial charge in [-0.2, -0.15) is 0 Å². The van der Waals surface area contributed by atoms with Crippen molar-refractivity contribution in [1.29, 1.82) is 0 Å². The molecule has 0 amide bonds. The Balaban J connectivity index is 1.99. The highest BCUT2D eigenvalue weighted by Crippen LogP contribution is 2.18. The third kappa shape index (κ3) is 2.64. The number of aromatic nitrogens is 2. The molecule has 0 saturated carbocycles. The molecule has 1 aliphatic rings. The molecular weight excluding hydrogens is 198 g/mol. The molecule has 1 aromatic heterocycles. The zero-order chi connectivity index (χ0) is 11.4. The maximum Gasteiger partial charge on any atom is 0.110 e. The van der Waals surface area contributed by atoms with Crippen molar-refractivity contribution in [1.82, 2.24) is 14.9 Å². The van der Waals surface area contributed by atoms with E-state index in [1.807, 2.05) is 6.20 Å². The monoisotopic (exact) mass is 221 g/mol. The maximum atomic E-state index is 4.49. The molecular formula is C13H23N3. The first-order valence-corrected chi connectivity index (χ1v) is 6.54. The van der Waals surface area contributed by atoms with E-state index in [-0.39, 0.29) is 0 Å². The molecule has 0 aromatic carbocycles. The molecule has 0 bridgehead atoms. The SMILES string of the molecule is CCCn1ccnc1CC1NCCCC1C. The fourth-order valence-corrected chi connectivity index (χ4v) is 2.56. The van der Waals surface area contributed by atoms with Crippen molar-refractivity contribution < 1.29 is 0 Å². The molecule has 0 spiro atoms. The zero-order valence-corrected chi connectivity index (χ0v) is 10.4. The minimum Gasteiger partial charge on any atom is -0.335 e. The second kappa shape index (κ2) is 5.48. The molecule has 2 unspecified atom stereocenters. The molecule has 90 valence electrons. The Morgan fingerprint density at radius 1 is 1.56 bits per heavy atom. The lowest BCUT2D eigenvalue weighted by molar-refractivity contribution is 0.293. The van der Waals surface area contributed by atoms with Crippen molar-refractivity contribution in [3.05, 3.63) is 18.2 Å². The molecule has 1 aromatic rings. The molecule has 16 heavy (non-hydrogen) atoms. The Kier molecular flexibility index (Phi) is 3.99. The van der Waals surface area contributed by atoms with E-state index in [4.69, 9.17) is 0 Å². The van der Waals surface area contributed by atoms with Crippen molar-refractivity contribution in [2.45, 2.75) is 52.1 Å². The molecule has 0 aliphatic carbocycles. The minimum atomic E-state index is 0.617. The normalized spacial score (nSPS) is 25.9. The molecule has 3 nitrogen and oxygen atoms in total. The Bertz CT molecular complexity index is 319. The van der Waals surface area contributed by atoms with Crippen LogP contribution in [0.25, 0.3) is 0 Å². The Hall–Kier alpha value is -0.830. The van der Waals surface area contributed by atoms with Crippen molar-refractivity contribution in [2.75, 3.05) is 6.54 Å². The first kappa shape index (κ1) is 11.6. The Morgan fingerprint density at radius 3 is 3.19 bits per heavy atom. The van der Waals surface area contributed by atoms with Gasteiger partial charge < -0.3 is 9.88 Å². The van der Waals surface area contributed by atoms with E-state index in [1.54, 1.807) is 0 Å². The first-order valence-electron chi connectivity index (χ1n) is 6.54. The summed E-state index contributed by atoms with van der Waals surface area (Å²) in [6, 6.07) is 0.617. The molecule has 1 aliphatic heterocycles. The van der Waals surface area contributed by atoms with Gasteiger partial charge in [-0.3, -0.25) is 0 Å². The van der Waals surface area contributed by atoms with Crippen molar-refractivity contribution in [2.24, 2.45) is 5.92 Å². The van der Waals surface area contributed by atoms with Crippen LogP contribution in [0.5, 0.6) is 0 Å². The topological polar surface area (TPSA) is 29.9 Å². The second-order valence-corrected chi connectivity index (χ2v) is 4.92. The van der Waals surface area contributed by atoms with Gasteiger partial charge in [0.25, 0.3) is 0 Å². The molecule has 1 saturated heterocycles. The van der Waals surface area contributed by atoms with Crippen LogP contribution >= 0.6 is 0 Å². The Labute approximate surface area is 98.3 Å². The van der Waals surface area contributed by atoms with Crippen LogP contribution in [0.2, 0.25) is 0 Å². The minimum absolute atomic E-state index is 0.617. The average molecular weight is 221 g/mol. The number of hydrogen-bond acceptors (Lipinski definition) is 2. The highest BCUT2D eigenvalue weighted by atomic mass is 15.1. The van der Waals surface area contributed by atoms with Gasteiger partial charge >= 0.3 is 0 Å². The summed E-state index contributed by atoms with van der Waals surface area (Å²) >= 11 is 0. The number of nitrogens with one attached hydrogen (secondary N) is 1. The van der Waals surface area contributed by atoms with E-state index in [0.29, 0.717) is 6.04 Å². The van der Waals surface area contributed by atoms with Gasteiger partial charge in [-0.25, -0.2) is 4.98 Å². The highest BCUT2D eigenvalue weighted by molar-refractivity contribution is 4.97. The molecule has 2 atom stereocenters. The van der Waals surface area contributed by atoms with Gasteiger partial charge in [-0.1, -0.05) is 13.8 Å². The summed E-state index contributed by atoms with van der Waals surface area (Å²) in [7, 11) is 0. The van der Waals surface area contributed by atoms with E-state index in [2.05, 4.69) is 34.9 Å². The fourth-order valence-electron chi connectivity index (χ4n) is 2.56. The quantitative estimate of drug-likeness (QED) is 0.845. The number of imidazole rings is 1. The van der Waals surface area contributed by atoms with Crippen LogP contribution in [0, 0.1) is 5.92 Å². The molecule has 1 fully saturated rings. The van der Waals surface area contributed by atoms with E-state index in [9.17, 15) is 0 Å². The van der Waals surface area contributed by atoms with E-state index < -0.39 is 0 Å². The van der Waals surface area contributed by atoms with Gasteiger partial charge in [0.1, 0.15) is 5.82 Å². The number of hydrogen-bond donors (Lipinski definition) is 1. The third-order valence-electron chi connectivity index (χ3n) is 3.60. The van der Waals surface area contributed by atoms with Crippen LogP contribution in [0.15, 0.2) is 12.4 Å². The van der Waals surface area contributed by atoms with E-state index >= 15 is 0 Å². The number of rotatable bonds is 4. The van der Waals surface area contributed by atoms with Crippen LogP contribution in [0.1, 0.15) is 38.9 Å². The van der Waals surface area contributed by atoms with Gasteiger partial charge in [-0.15, -0.1) is 0 Å². The number of aryl methyl sites for hydroxylation is 1. The van der Waals surface area contributed by atoms with Crippen LogP contribution < -0.4 is 5.32 Å². The lowest BCUT2D eigenvalue weighted by Gasteiger charge is -2.30. The molecule has 2 heterocycles. The van der Waals surface area contributed by atoms with Crippen LogP contribution in [0.3, 0.4) is 0 Å². The predicted octanol–water partition coefficient (Wildman–Crippen LogP) is 2.22. The summed E-state index contributed by atoms with van der Waals surface area (Å²) < 4.78 is 2.29. The molecule has 3 heteroatoms. The Morgan fingerprint density at radius 2 is 2.44 bits per heavy atom. The average Bonchev–Trinajstić information content (AvgIpc) is 2.70. The fraction of sp³-hybridized carbons (Fsp3) is 0.769. The van der Waals surface area contributed by atoms with Gasteiger partial charge in [0, 0.05) is 31.4 Å². The van der Waals surface area contributed by atoms with Gasteiger partial charge in [0.15, 0.2) is 0 Å². The van der Waals surface area contributed by atoms with Crippen LogP contribution in [0.4, 0.5) is 0 Å². The lowest BCUT2D eigenvalue weighted by Crippen LogP contribution is -2.42. The largest absolute Gasteiger partial charge is 0.335 e. The second-order valence-electron chi connectivity index (χ2n) is 4.92. The van der Waals surface area contributed by atoms with Crippen molar-refractivity contribution in [3.63, 3.8) is 0 Å². The molecule has 1 N–H and O–H groups in total. The summed E-state index contributed by atoms with van der Waals surface area (Å²) in [5, 5.41) is 3.62. The summed E-state index contributed by atoms with van der Waals surface area (Å²) in [5.74, 6) is 2.02. The van der Waals surface area contributed by atoms with Crippen molar-refractivity contribution in [3.8, 4) is 0 Å². The lowest BCUT2D eigenvalue weighted by atomic mass is 9.90. The summed E-state index contributed by atoms with van der Waals surface area (Å²) in [6.07, 6.45) is 8.96. The van der Waals surface area contributed by atoms with E-state index in [0.717, 1.165) is 18.9 Å². The van der Waals surface area contributed by atoms with Crippen LogP contribution in [-0.2, 0) is 13.0 Å². The predicted molar refractivity (Wildman–Crippen MR) is 66.4 cm³/mol. The van der Waals surface area contributed by atoms with Crippen molar-refractivity contribution >= 4 is 0 Å². The molecule has 2 rings (SSSR count). The zero-order valence-electron chi connectivity index (χ0n) is 10.4. The number of nitrogens with zero attached hydrogens (tertiary/aromatic N) is 2. The first-order chi connectivity index (χ1) is 7.81. The van der Waals surface area contributed by atoms with Gasteiger partial charge in [-0.05, 0) is 31.7 Å². The summed E-state index contributed by atoms with van der Waals surface area (Å²) in [5.41, 5.74) is 0. The number of piperidine rings is 1. The van der Waals surface area contributed by atoms with Crippen LogP contribution in [-0.4, -0.2) is 22.1 Å². The molecule has 0 radical (unpaired) electrons. The smallest absolute Gasteiger partial charge is 0.110 e. The highest BCUT2D eigenvalue weighted by Gasteiger charge is 2.22. The summed E-state index contributed by atoms with van der Waals surface area (Å²) in [6.45, 7) is 6.83. The summed E-state index contributed by atoms with van der Waals surface area (Å²) in [4.78, 5) is 4.49. The standard InChI is InChI=1S/C13H23N3/c1-3-8-16-9-7-15-13(16)10-12-11(2)5-4-6-14-12/h7,9,11-12,14H,3-6,8,10H2,1-2H3. The van der Waals surface area contributed by atoms with E-state index in [1.165, 1.54) is 31.6 Å².